The number of amides is 1. The number of primary amides is 1. The number of aryl methyl sites for hydroxylation is 1. The van der Waals surface area contributed by atoms with Gasteiger partial charge in [0.25, 0.3) is 0 Å². The predicted molar refractivity (Wildman–Crippen MR) is 71.7 cm³/mol. The summed E-state index contributed by atoms with van der Waals surface area (Å²) < 4.78 is 1.81. The molecule has 0 aromatic carbocycles. The van der Waals surface area contributed by atoms with Gasteiger partial charge in [0.2, 0.25) is 5.91 Å². The van der Waals surface area contributed by atoms with Crippen LogP contribution in [0, 0.1) is 5.92 Å². The number of aromatic nitrogens is 2. The zero-order chi connectivity index (χ0) is 13.5. The average Bonchev–Trinajstić information content (AvgIpc) is 2.62. The van der Waals surface area contributed by atoms with Gasteiger partial charge in [-0.15, -0.1) is 0 Å². The molecule has 0 radical (unpaired) electrons. The molecule has 0 aliphatic rings. The van der Waals surface area contributed by atoms with E-state index in [0.29, 0.717) is 18.3 Å². The summed E-state index contributed by atoms with van der Waals surface area (Å²) in [5.41, 5.74) is 10.8. The minimum absolute atomic E-state index is 0.279. The van der Waals surface area contributed by atoms with Crippen LogP contribution in [0.4, 0.5) is 5.82 Å². The first kappa shape index (κ1) is 14.5. The molecular weight excluding hydrogens is 230 g/mol. The lowest BCUT2D eigenvalue weighted by Crippen LogP contribution is -2.37. The van der Waals surface area contributed by atoms with Crippen molar-refractivity contribution < 1.29 is 4.79 Å². The van der Waals surface area contributed by atoms with E-state index in [1.165, 1.54) is 0 Å². The quantitative estimate of drug-likeness (QED) is 0.697. The maximum Gasteiger partial charge on any atom is 0.231 e. The highest BCUT2D eigenvalue weighted by Crippen LogP contribution is 2.02. The molecule has 0 spiro atoms. The van der Waals surface area contributed by atoms with Crippen molar-refractivity contribution in [3.05, 3.63) is 12.3 Å². The van der Waals surface area contributed by atoms with Gasteiger partial charge in [0, 0.05) is 25.8 Å². The summed E-state index contributed by atoms with van der Waals surface area (Å²) in [4.78, 5) is 13.1. The van der Waals surface area contributed by atoms with E-state index in [2.05, 4.69) is 23.8 Å². The normalized spacial score (nSPS) is 11.3. The molecule has 0 atom stereocenters. The summed E-state index contributed by atoms with van der Waals surface area (Å²) in [6, 6.07) is 1.77. The number of nitrogens with zero attached hydrogens (tertiary/aromatic N) is 3. The van der Waals surface area contributed by atoms with Crippen molar-refractivity contribution >= 4 is 11.7 Å². The van der Waals surface area contributed by atoms with Gasteiger partial charge in [0.1, 0.15) is 5.82 Å². The van der Waals surface area contributed by atoms with Gasteiger partial charge < -0.3 is 11.5 Å². The molecule has 1 heterocycles. The average molecular weight is 253 g/mol. The molecule has 0 fully saturated rings. The van der Waals surface area contributed by atoms with Crippen LogP contribution in [-0.2, 0) is 11.3 Å². The minimum Gasteiger partial charge on any atom is -0.382 e. The van der Waals surface area contributed by atoms with E-state index in [1.54, 1.807) is 6.07 Å². The van der Waals surface area contributed by atoms with Crippen LogP contribution in [0.1, 0.15) is 20.3 Å². The highest BCUT2D eigenvalue weighted by atomic mass is 16.1. The first-order valence-electron chi connectivity index (χ1n) is 6.27. The zero-order valence-corrected chi connectivity index (χ0v) is 11.2. The molecule has 0 aliphatic carbocycles. The Morgan fingerprint density at radius 3 is 2.78 bits per heavy atom. The summed E-state index contributed by atoms with van der Waals surface area (Å²) >= 11 is 0. The van der Waals surface area contributed by atoms with Gasteiger partial charge in [-0.25, -0.2) is 0 Å². The Morgan fingerprint density at radius 1 is 1.56 bits per heavy atom. The van der Waals surface area contributed by atoms with Crippen LogP contribution in [-0.4, -0.2) is 40.2 Å². The molecule has 1 rings (SSSR count). The van der Waals surface area contributed by atoms with Crippen LogP contribution < -0.4 is 11.5 Å². The summed E-state index contributed by atoms with van der Waals surface area (Å²) in [6.07, 6.45) is 2.78. The summed E-state index contributed by atoms with van der Waals surface area (Å²) in [5, 5.41) is 4.11. The summed E-state index contributed by atoms with van der Waals surface area (Å²) in [7, 11) is 0. The van der Waals surface area contributed by atoms with Crippen molar-refractivity contribution in [3.63, 3.8) is 0 Å². The van der Waals surface area contributed by atoms with E-state index >= 15 is 0 Å². The van der Waals surface area contributed by atoms with E-state index in [1.807, 2.05) is 10.9 Å². The Kier molecular flexibility index (Phi) is 5.64. The van der Waals surface area contributed by atoms with Crippen LogP contribution in [0.25, 0.3) is 0 Å². The van der Waals surface area contributed by atoms with Crippen molar-refractivity contribution in [1.29, 1.82) is 0 Å². The first-order chi connectivity index (χ1) is 8.47. The number of carbonyl (C=O) groups excluding carboxylic acids is 1. The third kappa shape index (κ3) is 5.67. The fourth-order valence-electron chi connectivity index (χ4n) is 1.93. The molecule has 0 saturated carbocycles. The highest BCUT2D eigenvalue weighted by Gasteiger charge is 2.09. The van der Waals surface area contributed by atoms with Crippen molar-refractivity contribution in [2.45, 2.75) is 26.8 Å². The molecular formula is C12H23N5O. The van der Waals surface area contributed by atoms with Crippen molar-refractivity contribution in [3.8, 4) is 0 Å². The second kappa shape index (κ2) is 7.00. The largest absolute Gasteiger partial charge is 0.382 e. The van der Waals surface area contributed by atoms with Crippen LogP contribution in [0.15, 0.2) is 12.3 Å². The molecule has 4 N–H and O–H groups in total. The smallest absolute Gasteiger partial charge is 0.231 e. The fourth-order valence-corrected chi connectivity index (χ4v) is 1.93. The minimum atomic E-state index is -0.279. The maximum atomic E-state index is 11.0. The third-order valence-corrected chi connectivity index (χ3v) is 2.53. The fraction of sp³-hybridized carbons (Fsp3) is 0.667. The molecule has 18 heavy (non-hydrogen) atoms. The molecule has 6 nitrogen and oxygen atoms in total. The molecule has 0 bridgehead atoms. The van der Waals surface area contributed by atoms with Gasteiger partial charge in [-0.05, 0) is 18.4 Å². The van der Waals surface area contributed by atoms with Gasteiger partial charge in [-0.1, -0.05) is 13.8 Å². The van der Waals surface area contributed by atoms with Gasteiger partial charge in [-0.2, -0.15) is 5.10 Å². The number of hydrogen-bond donors (Lipinski definition) is 2. The van der Waals surface area contributed by atoms with Gasteiger partial charge in [0.05, 0.1) is 6.54 Å². The van der Waals surface area contributed by atoms with Crippen molar-refractivity contribution in [2.75, 3.05) is 25.4 Å². The van der Waals surface area contributed by atoms with Gasteiger partial charge >= 0.3 is 0 Å². The predicted octanol–water partition coefficient (Wildman–Crippen LogP) is 0.299. The lowest BCUT2D eigenvalue weighted by atomic mass is 10.2. The maximum absolute atomic E-state index is 11.0. The number of nitrogen functional groups attached to an aromatic ring is 1. The number of carbonyl (C=O) groups is 1. The lowest BCUT2D eigenvalue weighted by molar-refractivity contribution is -0.119. The summed E-state index contributed by atoms with van der Waals surface area (Å²) in [5.74, 6) is 0.773. The number of hydrogen-bond acceptors (Lipinski definition) is 4. The molecule has 0 aliphatic heterocycles. The van der Waals surface area contributed by atoms with Crippen molar-refractivity contribution in [2.24, 2.45) is 11.7 Å². The Bertz CT molecular complexity index is 374. The Hall–Kier alpha value is -1.56. The lowest BCUT2D eigenvalue weighted by Gasteiger charge is -2.22. The SMILES string of the molecule is CC(C)CN(CCCn1ccc(N)n1)CC(N)=O. The van der Waals surface area contributed by atoms with E-state index in [9.17, 15) is 4.79 Å². The topological polar surface area (TPSA) is 90.2 Å². The Labute approximate surface area is 108 Å². The van der Waals surface area contributed by atoms with Crippen LogP contribution in [0.2, 0.25) is 0 Å². The monoisotopic (exact) mass is 253 g/mol. The second-order valence-electron chi connectivity index (χ2n) is 4.95. The standard InChI is InChI=1S/C12H23N5O/c1-10(2)8-16(9-12(14)18)5-3-6-17-7-4-11(13)15-17/h4,7,10H,3,5-6,8-9H2,1-2H3,(H2,13,15)(H2,14,18). The molecule has 1 amide bonds. The van der Waals surface area contributed by atoms with E-state index in [0.717, 1.165) is 26.1 Å². The zero-order valence-electron chi connectivity index (χ0n) is 11.2. The molecule has 1 aromatic heterocycles. The van der Waals surface area contributed by atoms with Crippen molar-refractivity contribution in [1.82, 2.24) is 14.7 Å². The Morgan fingerprint density at radius 2 is 2.28 bits per heavy atom. The van der Waals surface area contributed by atoms with E-state index < -0.39 is 0 Å². The number of nitrogens with two attached hydrogens (primary N) is 2. The first-order valence-corrected chi connectivity index (χ1v) is 6.27. The molecule has 102 valence electrons. The van der Waals surface area contributed by atoms with E-state index in [-0.39, 0.29) is 5.91 Å². The van der Waals surface area contributed by atoms with Crippen LogP contribution in [0.5, 0.6) is 0 Å². The second-order valence-corrected chi connectivity index (χ2v) is 4.95. The van der Waals surface area contributed by atoms with Gasteiger partial charge in [0.15, 0.2) is 0 Å². The number of rotatable bonds is 8. The van der Waals surface area contributed by atoms with Crippen LogP contribution >= 0.6 is 0 Å². The van der Waals surface area contributed by atoms with Gasteiger partial charge in [-0.3, -0.25) is 14.4 Å². The number of anilines is 1. The third-order valence-electron chi connectivity index (χ3n) is 2.53. The Balaban J connectivity index is 2.34. The van der Waals surface area contributed by atoms with Crippen LogP contribution in [0.3, 0.4) is 0 Å². The van der Waals surface area contributed by atoms with E-state index in [4.69, 9.17) is 11.5 Å². The molecule has 6 heteroatoms. The molecule has 0 unspecified atom stereocenters. The molecule has 0 saturated heterocycles. The highest BCUT2D eigenvalue weighted by molar-refractivity contribution is 5.75. The molecule has 1 aromatic rings. The summed E-state index contributed by atoms with van der Waals surface area (Å²) in [6.45, 7) is 7.08.